The quantitative estimate of drug-likeness (QED) is 0.917. The van der Waals surface area contributed by atoms with Crippen LogP contribution >= 0.6 is 15.9 Å². The van der Waals surface area contributed by atoms with Gasteiger partial charge in [-0.1, -0.05) is 22.0 Å². The summed E-state index contributed by atoms with van der Waals surface area (Å²) in [4.78, 5) is 2.25. The van der Waals surface area contributed by atoms with Gasteiger partial charge in [-0.3, -0.25) is 0 Å². The summed E-state index contributed by atoms with van der Waals surface area (Å²) in [6.07, 6.45) is 0. The summed E-state index contributed by atoms with van der Waals surface area (Å²) in [6, 6.07) is 8.77. The summed E-state index contributed by atoms with van der Waals surface area (Å²) < 4.78 is 6.56. The molecule has 1 unspecified atom stereocenters. The number of hydrogen-bond donors (Lipinski definition) is 1. The highest BCUT2D eigenvalue weighted by molar-refractivity contribution is 9.10. The molecule has 0 aromatic heterocycles. The van der Waals surface area contributed by atoms with Crippen LogP contribution in [-0.2, 0) is 4.74 Å². The summed E-state index contributed by atoms with van der Waals surface area (Å²) in [5.41, 5.74) is 1.22. The molecule has 1 aromatic carbocycles. The van der Waals surface area contributed by atoms with Crippen LogP contribution < -0.4 is 10.2 Å². The van der Waals surface area contributed by atoms with Gasteiger partial charge < -0.3 is 15.0 Å². The molecule has 1 saturated heterocycles. The number of rotatable bonds is 3. The third kappa shape index (κ3) is 3.20. The molecular formula is C12H17BrN2O. The van der Waals surface area contributed by atoms with Crippen LogP contribution in [0.15, 0.2) is 28.7 Å². The Morgan fingerprint density at radius 2 is 2.44 bits per heavy atom. The number of hydrogen-bond acceptors (Lipinski definition) is 3. The maximum Gasteiger partial charge on any atom is 0.0637 e. The summed E-state index contributed by atoms with van der Waals surface area (Å²) in [7, 11) is 2.11. The number of likely N-dealkylation sites (N-methyl/N-ethyl adjacent to an activating group) is 1. The fraction of sp³-hybridized carbons (Fsp3) is 0.500. The van der Waals surface area contributed by atoms with Gasteiger partial charge in [-0.25, -0.2) is 0 Å². The minimum atomic E-state index is 0.428. The maximum atomic E-state index is 5.44. The van der Waals surface area contributed by atoms with Gasteiger partial charge >= 0.3 is 0 Å². The molecule has 1 aliphatic rings. The molecule has 0 saturated carbocycles. The highest BCUT2D eigenvalue weighted by Gasteiger charge is 2.15. The zero-order valence-corrected chi connectivity index (χ0v) is 11.0. The predicted octanol–water partition coefficient (Wildman–Crippen LogP) is 1.87. The number of halogens is 1. The normalized spacial score (nSPS) is 20.8. The summed E-state index contributed by atoms with van der Waals surface area (Å²) in [5.74, 6) is 0. The van der Waals surface area contributed by atoms with Gasteiger partial charge in [0.25, 0.3) is 0 Å². The van der Waals surface area contributed by atoms with Crippen molar-refractivity contribution in [3.05, 3.63) is 28.7 Å². The smallest absolute Gasteiger partial charge is 0.0637 e. The largest absolute Gasteiger partial charge is 0.378 e. The Kier molecular flexibility index (Phi) is 4.21. The third-order valence-electron chi connectivity index (χ3n) is 2.74. The molecule has 1 N–H and O–H groups in total. The van der Waals surface area contributed by atoms with Gasteiger partial charge in [0.05, 0.1) is 13.2 Å². The van der Waals surface area contributed by atoms with E-state index < -0.39 is 0 Å². The number of nitrogens with one attached hydrogen (secondary N) is 1. The van der Waals surface area contributed by atoms with Crippen molar-refractivity contribution in [2.45, 2.75) is 6.04 Å². The molecule has 0 aliphatic carbocycles. The first-order valence-electron chi connectivity index (χ1n) is 5.53. The Morgan fingerprint density at radius 3 is 3.12 bits per heavy atom. The van der Waals surface area contributed by atoms with Crippen molar-refractivity contribution < 1.29 is 4.74 Å². The Morgan fingerprint density at radius 1 is 1.56 bits per heavy atom. The molecule has 0 radical (unpaired) electrons. The topological polar surface area (TPSA) is 24.5 Å². The van der Waals surface area contributed by atoms with E-state index in [1.54, 1.807) is 0 Å². The second-order valence-electron chi connectivity index (χ2n) is 4.09. The van der Waals surface area contributed by atoms with E-state index in [1.165, 1.54) is 5.69 Å². The molecule has 88 valence electrons. The Balaban J connectivity index is 1.94. The average molecular weight is 285 g/mol. The second-order valence-corrected chi connectivity index (χ2v) is 5.00. The first kappa shape index (κ1) is 11.9. The summed E-state index contributed by atoms with van der Waals surface area (Å²) in [6.45, 7) is 3.56. The van der Waals surface area contributed by atoms with Gasteiger partial charge in [0, 0.05) is 36.3 Å². The molecular weight excluding hydrogens is 268 g/mol. The van der Waals surface area contributed by atoms with Gasteiger partial charge in [-0.2, -0.15) is 0 Å². The van der Waals surface area contributed by atoms with Crippen molar-refractivity contribution in [3.8, 4) is 0 Å². The SMILES string of the molecule is CN(CC1COCCN1)c1cccc(Br)c1. The number of morpholine rings is 1. The monoisotopic (exact) mass is 284 g/mol. The Hall–Kier alpha value is -0.580. The molecule has 0 bridgehead atoms. The first-order chi connectivity index (χ1) is 7.75. The lowest BCUT2D eigenvalue weighted by Crippen LogP contribution is -2.47. The highest BCUT2D eigenvalue weighted by atomic mass is 79.9. The van der Waals surface area contributed by atoms with E-state index in [0.29, 0.717) is 6.04 Å². The number of nitrogens with zero attached hydrogens (tertiary/aromatic N) is 1. The van der Waals surface area contributed by atoms with E-state index in [2.05, 4.69) is 51.4 Å². The molecule has 2 rings (SSSR count). The third-order valence-corrected chi connectivity index (χ3v) is 3.23. The van der Waals surface area contributed by atoms with E-state index in [1.807, 2.05) is 6.07 Å². The molecule has 0 amide bonds. The molecule has 1 atom stereocenters. The van der Waals surface area contributed by atoms with Crippen molar-refractivity contribution in [1.29, 1.82) is 0 Å². The van der Waals surface area contributed by atoms with E-state index in [0.717, 1.165) is 30.8 Å². The molecule has 4 heteroatoms. The minimum Gasteiger partial charge on any atom is -0.378 e. The van der Waals surface area contributed by atoms with Crippen LogP contribution in [0.2, 0.25) is 0 Å². The lowest BCUT2D eigenvalue weighted by Gasteiger charge is -2.29. The predicted molar refractivity (Wildman–Crippen MR) is 70.0 cm³/mol. The van der Waals surface area contributed by atoms with Crippen LogP contribution in [-0.4, -0.2) is 39.4 Å². The van der Waals surface area contributed by atoms with Gasteiger partial charge in [0.2, 0.25) is 0 Å². The number of benzene rings is 1. The average Bonchev–Trinajstić information content (AvgIpc) is 2.30. The number of anilines is 1. The molecule has 16 heavy (non-hydrogen) atoms. The fourth-order valence-electron chi connectivity index (χ4n) is 1.89. The van der Waals surface area contributed by atoms with Crippen LogP contribution in [0.25, 0.3) is 0 Å². The molecule has 1 aromatic rings. The van der Waals surface area contributed by atoms with Crippen molar-refractivity contribution in [1.82, 2.24) is 5.32 Å². The van der Waals surface area contributed by atoms with E-state index in [-0.39, 0.29) is 0 Å². The van der Waals surface area contributed by atoms with Gasteiger partial charge in [-0.05, 0) is 18.2 Å². The number of ether oxygens (including phenoxy) is 1. The van der Waals surface area contributed by atoms with Gasteiger partial charge in [-0.15, -0.1) is 0 Å². The fourth-order valence-corrected chi connectivity index (χ4v) is 2.27. The Bertz CT molecular complexity index is 340. The summed E-state index contributed by atoms with van der Waals surface area (Å²) >= 11 is 3.49. The van der Waals surface area contributed by atoms with Crippen LogP contribution in [0, 0.1) is 0 Å². The van der Waals surface area contributed by atoms with Crippen LogP contribution in [0.3, 0.4) is 0 Å². The van der Waals surface area contributed by atoms with E-state index >= 15 is 0 Å². The lowest BCUT2D eigenvalue weighted by molar-refractivity contribution is 0.0791. The zero-order chi connectivity index (χ0) is 11.4. The second kappa shape index (κ2) is 5.66. The standard InChI is InChI=1S/C12H17BrN2O/c1-15(8-11-9-16-6-5-14-11)12-4-2-3-10(13)7-12/h2-4,7,11,14H,5-6,8-9H2,1H3. The first-order valence-corrected chi connectivity index (χ1v) is 6.33. The minimum absolute atomic E-state index is 0.428. The van der Waals surface area contributed by atoms with Gasteiger partial charge in [0.1, 0.15) is 0 Å². The molecule has 1 fully saturated rings. The Labute approximate surface area is 105 Å². The zero-order valence-electron chi connectivity index (χ0n) is 9.45. The van der Waals surface area contributed by atoms with Crippen molar-refractivity contribution in [2.75, 3.05) is 38.3 Å². The lowest BCUT2D eigenvalue weighted by atomic mass is 10.2. The molecule has 0 spiro atoms. The van der Waals surface area contributed by atoms with Gasteiger partial charge in [0.15, 0.2) is 0 Å². The maximum absolute atomic E-state index is 5.44. The van der Waals surface area contributed by atoms with Crippen LogP contribution in [0.4, 0.5) is 5.69 Å². The molecule has 1 aliphatic heterocycles. The van der Waals surface area contributed by atoms with Crippen LogP contribution in [0.1, 0.15) is 0 Å². The molecule has 1 heterocycles. The van der Waals surface area contributed by atoms with E-state index in [9.17, 15) is 0 Å². The van der Waals surface area contributed by atoms with E-state index in [4.69, 9.17) is 4.74 Å². The van der Waals surface area contributed by atoms with Crippen LogP contribution in [0.5, 0.6) is 0 Å². The van der Waals surface area contributed by atoms with Crippen molar-refractivity contribution in [3.63, 3.8) is 0 Å². The molecule has 3 nitrogen and oxygen atoms in total. The van der Waals surface area contributed by atoms with Crippen molar-refractivity contribution >= 4 is 21.6 Å². The van der Waals surface area contributed by atoms with Crippen molar-refractivity contribution in [2.24, 2.45) is 0 Å². The summed E-state index contributed by atoms with van der Waals surface area (Å²) in [5, 5.41) is 3.46. The highest BCUT2D eigenvalue weighted by Crippen LogP contribution is 2.19.